The van der Waals surface area contributed by atoms with E-state index in [1.165, 1.54) is 0 Å². The van der Waals surface area contributed by atoms with Crippen molar-refractivity contribution >= 4 is 17.5 Å². The molecule has 0 spiro atoms. The predicted molar refractivity (Wildman–Crippen MR) is 107 cm³/mol. The minimum absolute atomic E-state index is 0.0150. The molecule has 0 heterocycles. The van der Waals surface area contributed by atoms with Crippen LogP contribution in [0.15, 0.2) is 54.6 Å². The third-order valence-electron chi connectivity index (χ3n) is 6.31. The highest BCUT2D eigenvalue weighted by Crippen LogP contribution is 2.53. The normalized spacial score (nSPS) is 24.9. The predicted octanol–water partition coefficient (Wildman–Crippen LogP) is 3.97. The summed E-state index contributed by atoms with van der Waals surface area (Å²) in [7, 11) is 1.56. The average molecular weight is 392 g/mol. The lowest BCUT2D eigenvalue weighted by atomic mass is 9.75. The van der Waals surface area contributed by atoms with Gasteiger partial charge in [-0.15, -0.1) is 0 Å². The van der Waals surface area contributed by atoms with Crippen LogP contribution in [0, 0.1) is 23.7 Å². The van der Waals surface area contributed by atoms with Crippen molar-refractivity contribution in [2.24, 2.45) is 23.7 Å². The lowest BCUT2D eigenvalue weighted by Crippen LogP contribution is -2.36. The summed E-state index contributed by atoms with van der Waals surface area (Å²) >= 11 is 0. The highest BCUT2D eigenvalue weighted by molar-refractivity contribution is 6.01. The van der Waals surface area contributed by atoms with Crippen molar-refractivity contribution in [3.8, 4) is 5.75 Å². The molecule has 0 aliphatic heterocycles. The zero-order chi connectivity index (χ0) is 20.4. The molecule has 2 bridgehead atoms. The molecule has 4 unspecified atom stereocenters. The van der Waals surface area contributed by atoms with Gasteiger partial charge in [0.2, 0.25) is 0 Å². The molecule has 150 valence electrons. The van der Waals surface area contributed by atoms with Crippen LogP contribution in [0.4, 0.5) is 0 Å². The van der Waals surface area contributed by atoms with E-state index in [1.54, 1.807) is 43.5 Å². The number of esters is 1. The van der Waals surface area contributed by atoms with E-state index in [2.05, 4.69) is 0 Å². The van der Waals surface area contributed by atoms with Crippen LogP contribution in [0.3, 0.4) is 0 Å². The summed E-state index contributed by atoms with van der Waals surface area (Å²) in [6.07, 6.45) is 2.80. The largest absolute Gasteiger partial charge is 0.497 e. The molecule has 0 saturated heterocycles. The number of carbonyl (C=O) groups is 3. The Morgan fingerprint density at radius 3 is 2.17 bits per heavy atom. The van der Waals surface area contributed by atoms with Gasteiger partial charge in [-0.05, 0) is 55.4 Å². The van der Waals surface area contributed by atoms with Crippen LogP contribution in [-0.2, 0) is 9.53 Å². The van der Waals surface area contributed by atoms with Gasteiger partial charge in [0.15, 0.2) is 18.2 Å². The number of hydrogen-bond acceptors (Lipinski definition) is 5. The second-order valence-electron chi connectivity index (χ2n) is 7.87. The Balaban J connectivity index is 1.43. The first kappa shape index (κ1) is 19.4. The molecule has 2 aliphatic carbocycles. The fourth-order valence-corrected chi connectivity index (χ4v) is 4.90. The fraction of sp³-hybridized carbons (Fsp3) is 0.375. The van der Waals surface area contributed by atoms with Crippen molar-refractivity contribution in [3.63, 3.8) is 0 Å². The smallest absolute Gasteiger partial charge is 0.310 e. The van der Waals surface area contributed by atoms with Crippen molar-refractivity contribution < 1.29 is 23.9 Å². The van der Waals surface area contributed by atoms with E-state index >= 15 is 0 Å². The summed E-state index contributed by atoms with van der Waals surface area (Å²) < 4.78 is 10.5. The van der Waals surface area contributed by atoms with Gasteiger partial charge in [-0.1, -0.05) is 30.3 Å². The van der Waals surface area contributed by atoms with Gasteiger partial charge in [0.1, 0.15) is 5.75 Å². The van der Waals surface area contributed by atoms with E-state index < -0.39 is 11.9 Å². The molecular formula is C24H24O5. The lowest BCUT2D eigenvalue weighted by Gasteiger charge is -2.28. The van der Waals surface area contributed by atoms with Gasteiger partial charge in [0.05, 0.1) is 13.0 Å². The molecule has 5 heteroatoms. The first-order valence-corrected chi connectivity index (χ1v) is 10.0. The summed E-state index contributed by atoms with van der Waals surface area (Å²) in [5.41, 5.74) is 1.10. The summed E-state index contributed by atoms with van der Waals surface area (Å²) in [5.74, 6) is -0.430. The number of methoxy groups -OCH3 is 1. The van der Waals surface area contributed by atoms with Crippen molar-refractivity contribution in [2.45, 2.75) is 19.3 Å². The van der Waals surface area contributed by atoms with Gasteiger partial charge in [-0.25, -0.2) is 0 Å². The van der Waals surface area contributed by atoms with E-state index in [1.807, 2.05) is 18.2 Å². The van der Waals surface area contributed by atoms with Crippen LogP contribution in [0.2, 0.25) is 0 Å². The van der Waals surface area contributed by atoms with Crippen molar-refractivity contribution in [1.29, 1.82) is 0 Å². The molecule has 0 N–H and O–H groups in total. The quantitative estimate of drug-likeness (QED) is 0.527. The molecule has 2 fully saturated rings. The second kappa shape index (κ2) is 8.19. The van der Waals surface area contributed by atoms with Gasteiger partial charge >= 0.3 is 5.97 Å². The molecule has 0 aromatic heterocycles. The van der Waals surface area contributed by atoms with E-state index in [0.29, 0.717) is 16.9 Å². The van der Waals surface area contributed by atoms with Crippen molar-refractivity contribution in [2.75, 3.05) is 13.7 Å². The Morgan fingerprint density at radius 2 is 1.52 bits per heavy atom. The molecule has 2 saturated carbocycles. The van der Waals surface area contributed by atoms with Gasteiger partial charge in [-0.2, -0.15) is 0 Å². The first-order valence-electron chi connectivity index (χ1n) is 10.0. The number of carbonyl (C=O) groups excluding carboxylic acids is 3. The molecule has 0 amide bonds. The maximum Gasteiger partial charge on any atom is 0.310 e. The second-order valence-corrected chi connectivity index (χ2v) is 7.87. The number of fused-ring (bicyclic) bond motifs is 2. The molecule has 5 nitrogen and oxygen atoms in total. The minimum Gasteiger partial charge on any atom is -0.497 e. The van der Waals surface area contributed by atoms with Gasteiger partial charge in [0, 0.05) is 17.0 Å². The fourth-order valence-electron chi connectivity index (χ4n) is 4.90. The standard InChI is InChI=1S/C24H24O5/c1-28-19-11-9-15(10-12-19)20(25)14-29-24(27)22-18-8-7-17(13-18)21(22)23(26)16-5-3-2-4-6-16/h2-6,9-12,17-18,21-22H,7-8,13-14H2,1H3. The third-order valence-corrected chi connectivity index (χ3v) is 6.31. The molecule has 4 atom stereocenters. The van der Waals surface area contributed by atoms with E-state index in [-0.39, 0.29) is 35.9 Å². The Bertz CT molecular complexity index is 903. The molecule has 2 aromatic rings. The molecule has 2 aromatic carbocycles. The Kier molecular flexibility index (Phi) is 5.47. The van der Waals surface area contributed by atoms with E-state index in [0.717, 1.165) is 19.3 Å². The van der Waals surface area contributed by atoms with Crippen molar-refractivity contribution in [1.82, 2.24) is 0 Å². The van der Waals surface area contributed by atoms with E-state index in [4.69, 9.17) is 9.47 Å². The summed E-state index contributed by atoms with van der Waals surface area (Å²) in [6, 6.07) is 15.8. The molecule has 2 aliphatic rings. The third kappa shape index (κ3) is 3.82. The maximum atomic E-state index is 13.1. The summed E-state index contributed by atoms with van der Waals surface area (Å²) in [4.78, 5) is 38.3. The summed E-state index contributed by atoms with van der Waals surface area (Å²) in [5, 5.41) is 0. The topological polar surface area (TPSA) is 69.7 Å². The Hall–Kier alpha value is -2.95. The van der Waals surface area contributed by atoms with Crippen LogP contribution in [0.25, 0.3) is 0 Å². The van der Waals surface area contributed by atoms with Crippen LogP contribution in [-0.4, -0.2) is 31.3 Å². The molecular weight excluding hydrogens is 368 g/mol. The van der Waals surface area contributed by atoms with Gasteiger partial charge in [0.25, 0.3) is 0 Å². The SMILES string of the molecule is COc1ccc(C(=O)COC(=O)C2C3CCC(C3)C2C(=O)c2ccccc2)cc1. The van der Waals surface area contributed by atoms with Gasteiger partial charge in [-0.3, -0.25) is 14.4 Å². The average Bonchev–Trinajstić information content (AvgIpc) is 3.39. The molecule has 29 heavy (non-hydrogen) atoms. The van der Waals surface area contributed by atoms with Crippen LogP contribution in [0.1, 0.15) is 40.0 Å². The zero-order valence-corrected chi connectivity index (χ0v) is 16.4. The Labute approximate surface area is 170 Å². The number of ketones is 2. The number of rotatable bonds is 7. The minimum atomic E-state index is -0.454. The zero-order valence-electron chi connectivity index (χ0n) is 16.4. The highest BCUT2D eigenvalue weighted by Gasteiger charge is 2.54. The van der Waals surface area contributed by atoms with Crippen LogP contribution in [0.5, 0.6) is 5.75 Å². The number of Topliss-reactive ketones (excluding diaryl/α,β-unsaturated/α-hetero) is 2. The highest BCUT2D eigenvalue weighted by atomic mass is 16.5. The lowest BCUT2D eigenvalue weighted by molar-refractivity contribution is -0.150. The Morgan fingerprint density at radius 1 is 0.862 bits per heavy atom. The monoisotopic (exact) mass is 392 g/mol. The van der Waals surface area contributed by atoms with Gasteiger partial charge < -0.3 is 9.47 Å². The number of ether oxygens (including phenoxy) is 2. The molecule has 4 rings (SSSR count). The van der Waals surface area contributed by atoms with Crippen LogP contribution >= 0.6 is 0 Å². The van der Waals surface area contributed by atoms with Crippen molar-refractivity contribution in [3.05, 3.63) is 65.7 Å². The van der Waals surface area contributed by atoms with Crippen LogP contribution < -0.4 is 4.74 Å². The first-order chi connectivity index (χ1) is 14.1. The summed E-state index contributed by atoms with van der Waals surface area (Å²) in [6.45, 7) is -0.314. The number of hydrogen-bond donors (Lipinski definition) is 0. The number of benzene rings is 2. The molecule has 0 radical (unpaired) electrons. The van der Waals surface area contributed by atoms with E-state index in [9.17, 15) is 14.4 Å². The maximum absolute atomic E-state index is 13.1.